The number of nitrogens with one attached hydrogen (secondary N) is 2. The Balaban J connectivity index is 1.82. The molecule has 2 rings (SSSR count). The molecule has 8 heteroatoms. The first-order valence-electron chi connectivity index (χ1n) is 6.69. The fraction of sp³-hybridized carbons (Fsp3) is 0.133. The summed E-state index contributed by atoms with van der Waals surface area (Å²) in [5.74, 6) is -0.262. The average Bonchev–Trinajstić information content (AvgIpc) is 2.54. The maximum absolute atomic E-state index is 12.0. The van der Waals surface area contributed by atoms with E-state index in [1.54, 1.807) is 30.3 Å². The minimum atomic E-state index is -0.453. The van der Waals surface area contributed by atoms with Gasteiger partial charge in [0.15, 0.2) is 0 Å². The zero-order chi connectivity index (χ0) is 16.8. The molecule has 0 fully saturated rings. The molecule has 0 aliphatic carbocycles. The van der Waals surface area contributed by atoms with Crippen LogP contribution >= 0.6 is 27.5 Å². The van der Waals surface area contributed by atoms with E-state index in [9.17, 15) is 14.9 Å². The van der Waals surface area contributed by atoms with E-state index < -0.39 is 4.92 Å². The summed E-state index contributed by atoms with van der Waals surface area (Å²) >= 11 is 9.28. The van der Waals surface area contributed by atoms with Crippen LogP contribution in [0.25, 0.3) is 0 Å². The molecule has 0 atom stereocenters. The third kappa shape index (κ3) is 4.94. The summed E-state index contributed by atoms with van der Waals surface area (Å²) in [6.07, 6.45) is 0. The highest BCUT2D eigenvalue weighted by atomic mass is 79.9. The third-order valence-electron chi connectivity index (χ3n) is 2.99. The second kappa shape index (κ2) is 7.94. The predicted molar refractivity (Wildman–Crippen MR) is 93.1 cm³/mol. The number of nitro benzene ring substituents is 1. The van der Waals surface area contributed by atoms with Gasteiger partial charge in [-0.15, -0.1) is 0 Å². The van der Waals surface area contributed by atoms with Crippen LogP contribution in [-0.2, 0) is 0 Å². The van der Waals surface area contributed by atoms with Crippen molar-refractivity contribution in [3.05, 3.63) is 67.6 Å². The molecule has 6 nitrogen and oxygen atoms in total. The maximum Gasteiger partial charge on any atom is 0.269 e. The number of carbonyl (C=O) groups is 1. The van der Waals surface area contributed by atoms with Crippen molar-refractivity contribution in [3.63, 3.8) is 0 Å². The van der Waals surface area contributed by atoms with Gasteiger partial charge in [-0.3, -0.25) is 14.9 Å². The fourth-order valence-corrected chi connectivity index (χ4v) is 2.42. The number of rotatable bonds is 6. The van der Waals surface area contributed by atoms with E-state index in [1.165, 1.54) is 12.1 Å². The Kier molecular flexibility index (Phi) is 5.95. The topological polar surface area (TPSA) is 84.3 Å². The van der Waals surface area contributed by atoms with Crippen molar-refractivity contribution in [2.75, 3.05) is 18.4 Å². The van der Waals surface area contributed by atoms with Crippen molar-refractivity contribution in [2.45, 2.75) is 0 Å². The van der Waals surface area contributed by atoms with Crippen molar-refractivity contribution < 1.29 is 9.72 Å². The fourth-order valence-electron chi connectivity index (χ4n) is 1.85. The Morgan fingerprint density at radius 3 is 2.52 bits per heavy atom. The number of anilines is 1. The normalized spacial score (nSPS) is 10.2. The molecule has 0 bridgehead atoms. The van der Waals surface area contributed by atoms with Crippen LogP contribution in [0.2, 0.25) is 5.02 Å². The number of hydrogen-bond acceptors (Lipinski definition) is 4. The molecule has 0 radical (unpaired) electrons. The quantitative estimate of drug-likeness (QED) is 0.440. The van der Waals surface area contributed by atoms with Crippen LogP contribution in [0.4, 0.5) is 11.4 Å². The van der Waals surface area contributed by atoms with E-state index in [-0.39, 0.29) is 11.6 Å². The number of non-ortho nitro benzene ring substituents is 1. The molecule has 0 aromatic heterocycles. The van der Waals surface area contributed by atoms with E-state index in [0.717, 1.165) is 10.2 Å². The van der Waals surface area contributed by atoms with Gasteiger partial charge < -0.3 is 10.6 Å². The van der Waals surface area contributed by atoms with Crippen LogP contribution in [0, 0.1) is 10.1 Å². The first kappa shape index (κ1) is 17.2. The Bertz CT molecular complexity index is 722. The molecule has 0 spiro atoms. The van der Waals surface area contributed by atoms with Crippen molar-refractivity contribution in [2.24, 2.45) is 0 Å². The minimum Gasteiger partial charge on any atom is -0.383 e. The first-order valence-corrected chi connectivity index (χ1v) is 7.86. The zero-order valence-corrected chi connectivity index (χ0v) is 14.2. The van der Waals surface area contributed by atoms with Gasteiger partial charge >= 0.3 is 0 Å². The molecular weight excluding hydrogens is 386 g/mol. The molecule has 0 aliphatic heterocycles. The molecule has 2 aromatic rings. The number of hydrogen-bond donors (Lipinski definition) is 2. The van der Waals surface area contributed by atoms with Gasteiger partial charge in [-0.1, -0.05) is 27.5 Å². The summed E-state index contributed by atoms with van der Waals surface area (Å²) in [6, 6.07) is 11.1. The van der Waals surface area contributed by atoms with Crippen LogP contribution in [0.5, 0.6) is 0 Å². The lowest BCUT2D eigenvalue weighted by atomic mass is 10.2. The minimum absolute atomic E-state index is 0.0353. The van der Waals surface area contributed by atoms with Gasteiger partial charge in [-0.2, -0.15) is 0 Å². The average molecular weight is 399 g/mol. The van der Waals surface area contributed by atoms with Gasteiger partial charge in [-0.25, -0.2) is 0 Å². The largest absolute Gasteiger partial charge is 0.383 e. The second-order valence-corrected chi connectivity index (χ2v) is 5.93. The number of nitrogens with zero attached hydrogens (tertiary/aromatic N) is 1. The summed E-state index contributed by atoms with van der Waals surface area (Å²) in [7, 11) is 0. The Morgan fingerprint density at radius 1 is 1.17 bits per heavy atom. The lowest BCUT2D eigenvalue weighted by Crippen LogP contribution is -2.29. The van der Waals surface area contributed by atoms with Crippen LogP contribution in [-0.4, -0.2) is 23.9 Å². The number of benzene rings is 2. The highest BCUT2D eigenvalue weighted by molar-refractivity contribution is 9.10. The summed E-state index contributed by atoms with van der Waals surface area (Å²) in [5, 5.41) is 16.8. The molecule has 0 heterocycles. The predicted octanol–water partition coefficient (Wildman–Crippen LogP) is 3.85. The lowest BCUT2D eigenvalue weighted by molar-refractivity contribution is -0.384. The summed E-state index contributed by atoms with van der Waals surface area (Å²) in [6.45, 7) is 0.869. The Hall–Kier alpha value is -2.12. The standard InChI is InChI=1S/C15H13BrClN3O3/c16-10-1-6-14(17)13(9-10)15(21)19-8-7-18-11-2-4-12(5-3-11)20(22)23/h1-6,9,18H,7-8H2,(H,19,21). The number of nitro groups is 1. The van der Waals surface area contributed by atoms with Crippen molar-refractivity contribution in [3.8, 4) is 0 Å². The van der Waals surface area contributed by atoms with E-state index in [0.29, 0.717) is 23.7 Å². The SMILES string of the molecule is O=C(NCCNc1ccc([N+](=O)[O-])cc1)c1cc(Br)ccc1Cl. The monoisotopic (exact) mass is 397 g/mol. The highest BCUT2D eigenvalue weighted by Gasteiger charge is 2.10. The molecule has 2 N–H and O–H groups in total. The van der Waals surface area contributed by atoms with Gasteiger partial charge in [0.1, 0.15) is 0 Å². The van der Waals surface area contributed by atoms with Gasteiger partial charge in [-0.05, 0) is 30.3 Å². The van der Waals surface area contributed by atoms with Crippen LogP contribution in [0.1, 0.15) is 10.4 Å². The third-order valence-corrected chi connectivity index (χ3v) is 3.81. The maximum atomic E-state index is 12.0. The lowest BCUT2D eigenvalue weighted by Gasteiger charge is -2.09. The van der Waals surface area contributed by atoms with Gasteiger partial charge in [0, 0.05) is 35.4 Å². The number of halogens is 2. The molecule has 0 saturated carbocycles. The van der Waals surface area contributed by atoms with E-state index in [1.807, 2.05) is 0 Å². The molecular formula is C15H13BrClN3O3. The van der Waals surface area contributed by atoms with Crippen molar-refractivity contribution in [1.29, 1.82) is 0 Å². The van der Waals surface area contributed by atoms with Crippen molar-refractivity contribution >= 4 is 44.8 Å². The first-order chi connectivity index (χ1) is 11.0. The van der Waals surface area contributed by atoms with Gasteiger partial charge in [0.05, 0.1) is 15.5 Å². The van der Waals surface area contributed by atoms with E-state index >= 15 is 0 Å². The number of amides is 1. The Labute approximate surface area is 146 Å². The van der Waals surface area contributed by atoms with Gasteiger partial charge in [0.2, 0.25) is 0 Å². The van der Waals surface area contributed by atoms with E-state index in [4.69, 9.17) is 11.6 Å². The Morgan fingerprint density at radius 2 is 1.87 bits per heavy atom. The summed E-state index contributed by atoms with van der Waals surface area (Å²) in [4.78, 5) is 22.1. The van der Waals surface area contributed by atoms with Gasteiger partial charge in [0.25, 0.3) is 11.6 Å². The summed E-state index contributed by atoms with van der Waals surface area (Å²) < 4.78 is 0.774. The molecule has 2 aromatic carbocycles. The van der Waals surface area contributed by atoms with Crippen LogP contribution in [0.15, 0.2) is 46.9 Å². The molecule has 120 valence electrons. The second-order valence-electron chi connectivity index (χ2n) is 4.61. The van der Waals surface area contributed by atoms with Crippen molar-refractivity contribution in [1.82, 2.24) is 5.32 Å². The zero-order valence-electron chi connectivity index (χ0n) is 11.9. The smallest absolute Gasteiger partial charge is 0.269 e. The molecule has 0 saturated heterocycles. The highest BCUT2D eigenvalue weighted by Crippen LogP contribution is 2.20. The molecule has 1 amide bonds. The van der Waals surface area contributed by atoms with Crippen LogP contribution in [0.3, 0.4) is 0 Å². The van der Waals surface area contributed by atoms with Crippen LogP contribution < -0.4 is 10.6 Å². The molecule has 23 heavy (non-hydrogen) atoms. The molecule has 0 aliphatic rings. The molecule has 0 unspecified atom stereocenters. The summed E-state index contributed by atoms with van der Waals surface area (Å²) in [5.41, 5.74) is 1.18. The number of carbonyl (C=O) groups excluding carboxylic acids is 1. The van der Waals surface area contributed by atoms with E-state index in [2.05, 4.69) is 26.6 Å².